The van der Waals surface area contributed by atoms with Crippen molar-refractivity contribution < 1.29 is 14.3 Å². The molecule has 0 spiro atoms. The first-order chi connectivity index (χ1) is 10.6. The van der Waals surface area contributed by atoms with Crippen LogP contribution in [-0.2, 0) is 4.74 Å². The number of nitriles is 2. The molecule has 7 heteroatoms. The Hall–Kier alpha value is -3.06. The zero-order valence-corrected chi connectivity index (χ0v) is 12.2. The van der Waals surface area contributed by atoms with Crippen LogP contribution in [0.15, 0.2) is 24.3 Å². The Balaban J connectivity index is 2.78. The molecule has 0 aromatic heterocycles. The molecule has 1 rings (SSSR count). The number of benzene rings is 1. The molecule has 0 aliphatic carbocycles. The number of nitrogens with one attached hydrogen (secondary N) is 1. The number of rotatable bonds is 6. The summed E-state index contributed by atoms with van der Waals surface area (Å²) in [6.45, 7) is 0.474. The Morgan fingerprint density at radius 1 is 1.23 bits per heavy atom. The summed E-state index contributed by atoms with van der Waals surface area (Å²) < 4.78 is 4.62. The quantitative estimate of drug-likeness (QED) is 0.810. The summed E-state index contributed by atoms with van der Waals surface area (Å²) in [6.07, 6.45) is 0.363. The lowest BCUT2D eigenvalue weighted by molar-refractivity contribution is 0.0600. The molecule has 0 saturated carbocycles. The maximum atomic E-state index is 12.2. The van der Waals surface area contributed by atoms with Gasteiger partial charge in [-0.05, 0) is 18.2 Å². The molecule has 7 nitrogen and oxygen atoms in total. The first-order valence-corrected chi connectivity index (χ1v) is 6.60. The van der Waals surface area contributed by atoms with Gasteiger partial charge in [-0.3, -0.25) is 0 Å². The summed E-state index contributed by atoms with van der Waals surface area (Å²) in [5.41, 5.74) is 0.757. The van der Waals surface area contributed by atoms with Crippen LogP contribution < -0.4 is 5.32 Å². The van der Waals surface area contributed by atoms with Gasteiger partial charge in [0.05, 0.1) is 37.7 Å². The molecule has 0 bridgehead atoms. The molecule has 0 unspecified atom stereocenters. The zero-order chi connectivity index (χ0) is 16.4. The van der Waals surface area contributed by atoms with Gasteiger partial charge in [-0.1, -0.05) is 6.07 Å². The summed E-state index contributed by atoms with van der Waals surface area (Å²) >= 11 is 0. The standard InChI is InChI=1S/C15H16N4O3/c1-22-14(20)12-5-2-6-13(11-12)18-15(21)19(9-3-7-16)10-4-8-17/h2,5-6,11H,3-4,9-10H2,1H3,(H,18,21). The van der Waals surface area contributed by atoms with E-state index < -0.39 is 12.0 Å². The van der Waals surface area contributed by atoms with Crippen LogP contribution in [-0.4, -0.2) is 37.1 Å². The zero-order valence-electron chi connectivity index (χ0n) is 12.2. The molecule has 22 heavy (non-hydrogen) atoms. The largest absolute Gasteiger partial charge is 0.465 e. The van der Waals surface area contributed by atoms with Crippen molar-refractivity contribution >= 4 is 17.7 Å². The van der Waals surface area contributed by atoms with Gasteiger partial charge in [-0.15, -0.1) is 0 Å². The average molecular weight is 300 g/mol. The molecular formula is C15H16N4O3. The van der Waals surface area contributed by atoms with Gasteiger partial charge >= 0.3 is 12.0 Å². The van der Waals surface area contributed by atoms with E-state index in [0.29, 0.717) is 11.3 Å². The number of carbonyl (C=O) groups is 2. The first-order valence-electron chi connectivity index (χ1n) is 6.60. The van der Waals surface area contributed by atoms with Crippen molar-refractivity contribution in [3.8, 4) is 12.1 Å². The molecule has 0 radical (unpaired) electrons. The third-order valence-corrected chi connectivity index (χ3v) is 2.81. The lowest BCUT2D eigenvalue weighted by Gasteiger charge is -2.21. The van der Waals surface area contributed by atoms with Crippen molar-refractivity contribution in [2.45, 2.75) is 12.8 Å². The molecule has 1 N–H and O–H groups in total. The Bertz CT molecular complexity index is 598. The second-order valence-electron chi connectivity index (χ2n) is 4.31. The lowest BCUT2D eigenvalue weighted by Crippen LogP contribution is -2.36. The van der Waals surface area contributed by atoms with Crippen molar-refractivity contribution in [1.29, 1.82) is 10.5 Å². The molecule has 0 atom stereocenters. The van der Waals surface area contributed by atoms with E-state index in [2.05, 4.69) is 10.1 Å². The summed E-state index contributed by atoms with van der Waals surface area (Å²) in [4.78, 5) is 25.0. The summed E-state index contributed by atoms with van der Waals surface area (Å²) in [5.74, 6) is -0.498. The number of hydrogen-bond donors (Lipinski definition) is 1. The molecule has 2 amide bonds. The van der Waals surface area contributed by atoms with Crippen molar-refractivity contribution in [3.63, 3.8) is 0 Å². The Kier molecular flexibility index (Phi) is 6.94. The Morgan fingerprint density at radius 2 is 1.86 bits per heavy atom. The number of ether oxygens (including phenoxy) is 1. The minimum atomic E-state index is -0.498. The number of hydrogen-bond acceptors (Lipinski definition) is 5. The molecule has 0 fully saturated rings. The van der Waals surface area contributed by atoms with E-state index in [0.717, 1.165) is 0 Å². The van der Waals surface area contributed by atoms with Gasteiger partial charge in [0.2, 0.25) is 0 Å². The van der Waals surface area contributed by atoms with Crippen LogP contribution in [0.25, 0.3) is 0 Å². The number of anilines is 1. The highest BCUT2D eigenvalue weighted by Crippen LogP contribution is 2.12. The summed E-state index contributed by atoms with van der Waals surface area (Å²) in [5, 5.41) is 19.9. The normalized spacial score (nSPS) is 9.23. The summed E-state index contributed by atoms with van der Waals surface area (Å²) in [6, 6.07) is 9.82. The second-order valence-corrected chi connectivity index (χ2v) is 4.31. The minimum absolute atomic E-state index is 0.182. The molecule has 0 heterocycles. The predicted molar refractivity (Wildman–Crippen MR) is 78.8 cm³/mol. The van der Waals surface area contributed by atoms with Crippen LogP contribution in [0, 0.1) is 22.7 Å². The Labute approximate surface area is 128 Å². The van der Waals surface area contributed by atoms with E-state index >= 15 is 0 Å². The van der Waals surface area contributed by atoms with Gasteiger partial charge in [0.25, 0.3) is 0 Å². The van der Waals surface area contributed by atoms with E-state index in [9.17, 15) is 9.59 Å². The highest BCUT2D eigenvalue weighted by molar-refractivity contribution is 5.93. The number of urea groups is 1. The number of carbonyl (C=O) groups excluding carboxylic acids is 2. The monoisotopic (exact) mass is 300 g/mol. The molecule has 114 valence electrons. The fourth-order valence-electron chi connectivity index (χ4n) is 1.73. The fraction of sp³-hybridized carbons (Fsp3) is 0.333. The third-order valence-electron chi connectivity index (χ3n) is 2.81. The van der Waals surface area contributed by atoms with E-state index in [-0.39, 0.29) is 25.9 Å². The van der Waals surface area contributed by atoms with Gasteiger partial charge in [0.15, 0.2) is 0 Å². The van der Waals surface area contributed by atoms with E-state index in [1.54, 1.807) is 18.2 Å². The summed E-state index contributed by atoms with van der Waals surface area (Å²) in [7, 11) is 1.28. The molecular weight excluding hydrogens is 284 g/mol. The van der Waals surface area contributed by atoms with Crippen LogP contribution in [0.1, 0.15) is 23.2 Å². The highest BCUT2D eigenvalue weighted by Gasteiger charge is 2.14. The highest BCUT2D eigenvalue weighted by atomic mass is 16.5. The number of amides is 2. The SMILES string of the molecule is COC(=O)c1cccc(NC(=O)N(CCC#N)CCC#N)c1. The molecule has 0 aliphatic rings. The van der Waals surface area contributed by atoms with Crippen LogP contribution in [0.3, 0.4) is 0 Å². The van der Waals surface area contributed by atoms with Crippen molar-refractivity contribution in [2.75, 3.05) is 25.5 Å². The van der Waals surface area contributed by atoms with E-state index in [1.165, 1.54) is 18.1 Å². The van der Waals surface area contributed by atoms with Gasteiger partial charge in [-0.2, -0.15) is 10.5 Å². The molecule has 1 aromatic rings. The van der Waals surface area contributed by atoms with Crippen molar-refractivity contribution in [2.24, 2.45) is 0 Å². The van der Waals surface area contributed by atoms with Gasteiger partial charge < -0.3 is 15.0 Å². The van der Waals surface area contributed by atoms with E-state index in [4.69, 9.17) is 10.5 Å². The minimum Gasteiger partial charge on any atom is -0.465 e. The van der Waals surface area contributed by atoms with Crippen LogP contribution in [0.2, 0.25) is 0 Å². The van der Waals surface area contributed by atoms with Crippen LogP contribution in [0.5, 0.6) is 0 Å². The van der Waals surface area contributed by atoms with Gasteiger partial charge in [0, 0.05) is 18.8 Å². The second kappa shape index (κ2) is 8.98. The van der Waals surface area contributed by atoms with Crippen LogP contribution in [0.4, 0.5) is 10.5 Å². The Morgan fingerprint density at radius 3 is 2.41 bits per heavy atom. The molecule has 1 aromatic carbocycles. The van der Waals surface area contributed by atoms with E-state index in [1.807, 2.05) is 12.1 Å². The third kappa shape index (κ3) is 5.14. The number of esters is 1. The first kappa shape index (κ1) is 17.0. The fourth-order valence-corrected chi connectivity index (χ4v) is 1.73. The average Bonchev–Trinajstić information content (AvgIpc) is 2.54. The van der Waals surface area contributed by atoms with Crippen LogP contribution >= 0.6 is 0 Å². The number of methoxy groups -OCH3 is 1. The molecule has 0 saturated heterocycles. The topological polar surface area (TPSA) is 106 Å². The molecule has 0 aliphatic heterocycles. The van der Waals surface area contributed by atoms with Crippen molar-refractivity contribution in [3.05, 3.63) is 29.8 Å². The lowest BCUT2D eigenvalue weighted by atomic mass is 10.2. The van der Waals surface area contributed by atoms with Gasteiger partial charge in [0.1, 0.15) is 0 Å². The maximum Gasteiger partial charge on any atom is 0.337 e. The smallest absolute Gasteiger partial charge is 0.337 e. The van der Waals surface area contributed by atoms with Crippen molar-refractivity contribution in [1.82, 2.24) is 4.90 Å². The predicted octanol–water partition coefficient (Wildman–Crippen LogP) is 2.13. The maximum absolute atomic E-state index is 12.2. The van der Waals surface area contributed by atoms with Gasteiger partial charge in [-0.25, -0.2) is 9.59 Å². The number of nitrogens with zero attached hydrogens (tertiary/aromatic N) is 3.